The number of methoxy groups -OCH3 is 1. The summed E-state index contributed by atoms with van der Waals surface area (Å²) in [6.45, 7) is 1.08. The average molecular weight is 344 g/mol. The smallest absolute Gasteiger partial charge is 0.126 e. The zero-order chi connectivity index (χ0) is 16.2. The Labute approximate surface area is 151 Å². The third kappa shape index (κ3) is 4.00. The third-order valence-electron chi connectivity index (χ3n) is 4.57. The van der Waals surface area contributed by atoms with Crippen LogP contribution in [0.4, 0.5) is 0 Å². The highest BCUT2D eigenvalue weighted by molar-refractivity contribution is 5.86. The van der Waals surface area contributed by atoms with Crippen molar-refractivity contribution in [2.45, 2.75) is 12.8 Å². The van der Waals surface area contributed by atoms with Crippen LogP contribution in [-0.2, 0) is 6.42 Å². The highest BCUT2D eigenvalue weighted by Gasteiger charge is 2.24. The minimum atomic E-state index is 0. The molecule has 2 aromatic rings. The molecule has 0 N–H and O–H groups in total. The van der Waals surface area contributed by atoms with Gasteiger partial charge in [-0.3, -0.25) is 0 Å². The monoisotopic (exact) mass is 343 g/mol. The van der Waals surface area contributed by atoms with Crippen LogP contribution in [0.1, 0.15) is 23.1 Å². The number of ether oxygens (including phenoxy) is 1. The normalized spacial score (nSPS) is 18.2. The summed E-state index contributed by atoms with van der Waals surface area (Å²) in [6.07, 6.45) is 4.69. The second-order valence-corrected chi connectivity index (χ2v) is 6.50. The first-order chi connectivity index (χ1) is 11.2. The van der Waals surface area contributed by atoms with Crippen LogP contribution in [0.3, 0.4) is 0 Å². The van der Waals surface area contributed by atoms with Crippen LogP contribution in [0.2, 0.25) is 0 Å². The van der Waals surface area contributed by atoms with E-state index in [0.29, 0.717) is 5.92 Å². The van der Waals surface area contributed by atoms with E-state index in [-0.39, 0.29) is 12.4 Å². The SMILES string of the molecule is COc1ccccc1C=C1c2ccccc2CCC1CN(C)C.Cl. The van der Waals surface area contributed by atoms with Gasteiger partial charge in [0, 0.05) is 12.1 Å². The number of nitrogens with zero attached hydrogens (tertiary/aromatic N) is 1. The molecule has 0 spiro atoms. The van der Waals surface area contributed by atoms with Crippen molar-refractivity contribution in [3.8, 4) is 5.75 Å². The third-order valence-corrected chi connectivity index (χ3v) is 4.57. The molecule has 1 aliphatic carbocycles. The Balaban J connectivity index is 0.00000208. The Kier molecular flexibility index (Phi) is 6.47. The maximum Gasteiger partial charge on any atom is 0.126 e. The molecule has 0 radical (unpaired) electrons. The summed E-state index contributed by atoms with van der Waals surface area (Å²) in [7, 11) is 6.05. The lowest BCUT2D eigenvalue weighted by Crippen LogP contribution is -2.25. The number of para-hydroxylation sites is 1. The lowest BCUT2D eigenvalue weighted by atomic mass is 9.78. The molecule has 0 saturated carbocycles. The van der Waals surface area contributed by atoms with Gasteiger partial charge in [-0.15, -0.1) is 12.4 Å². The fourth-order valence-corrected chi connectivity index (χ4v) is 3.50. The van der Waals surface area contributed by atoms with Gasteiger partial charge in [0.15, 0.2) is 0 Å². The van der Waals surface area contributed by atoms with Crippen molar-refractivity contribution in [3.63, 3.8) is 0 Å². The van der Waals surface area contributed by atoms with Gasteiger partial charge in [-0.2, -0.15) is 0 Å². The molecule has 128 valence electrons. The van der Waals surface area contributed by atoms with Gasteiger partial charge in [0.2, 0.25) is 0 Å². The number of halogens is 1. The molecule has 3 heteroatoms. The van der Waals surface area contributed by atoms with Crippen molar-refractivity contribution < 1.29 is 4.74 Å². The standard InChI is InChI=1S/C21H25NO.ClH/c1-22(2)15-18-13-12-16-8-4-6-10-19(16)20(18)14-17-9-5-7-11-21(17)23-3;/h4-11,14,18H,12-13,15H2,1-3H3;1H. The predicted molar refractivity (Wildman–Crippen MR) is 105 cm³/mol. The Morgan fingerprint density at radius 1 is 1.08 bits per heavy atom. The van der Waals surface area contributed by atoms with E-state index in [4.69, 9.17) is 4.74 Å². The van der Waals surface area contributed by atoms with E-state index in [9.17, 15) is 0 Å². The van der Waals surface area contributed by atoms with Crippen molar-refractivity contribution >= 4 is 24.1 Å². The average Bonchev–Trinajstić information content (AvgIpc) is 2.57. The van der Waals surface area contributed by atoms with Crippen LogP contribution in [0.15, 0.2) is 48.5 Å². The van der Waals surface area contributed by atoms with Gasteiger partial charge in [-0.1, -0.05) is 42.5 Å². The molecule has 3 rings (SSSR count). The van der Waals surface area contributed by atoms with E-state index in [1.54, 1.807) is 7.11 Å². The van der Waals surface area contributed by atoms with E-state index in [2.05, 4.69) is 61.5 Å². The highest BCUT2D eigenvalue weighted by atomic mass is 35.5. The Bertz CT molecular complexity index is 708. The summed E-state index contributed by atoms with van der Waals surface area (Å²) in [5.74, 6) is 1.50. The minimum absolute atomic E-state index is 0. The van der Waals surface area contributed by atoms with Crippen molar-refractivity contribution in [1.82, 2.24) is 4.90 Å². The molecule has 2 nitrogen and oxygen atoms in total. The lowest BCUT2D eigenvalue weighted by Gasteiger charge is -2.30. The molecule has 0 aromatic heterocycles. The number of hydrogen-bond acceptors (Lipinski definition) is 2. The van der Waals surface area contributed by atoms with Gasteiger partial charge < -0.3 is 9.64 Å². The number of fused-ring (bicyclic) bond motifs is 1. The van der Waals surface area contributed by atoms with E-state index in [1.165, 1.54) is 23.1 Å². The number of benzene rings is 2. The zero-order valence-corrected chi connectivity index (χ0v) is 15.5. The number of aryl methyl sites for hydroxylation is 1. The second kappa shape index (κ2) is 8.36. The van der Waals surface area contributed by atoms with Crippen LogP contribution in [-0.4, -0.2) is 32.6 Å². The summed E-state index contributed by atoms with van der Waals surface area (Å²) < 4.78 is 5.54. The largest absolute Gasteiger partial charge is 0.496 e. The summed E-state index contributed by atoms with van der Waals surface area (Å²) >= 11 is 0. The highest BCUT2D eigenvalue weighted by Crippen LogP contribution is 2.38. The van der Waals surface area contributed by atoms with E-state index < -0.39 is 0 Å². The van der Waals surface area contributed by atoms with E-state index >= 15 is 0 Å². The van der Waals surface area contributed by atoms with Crippen LogP contribution in [0.25, 0.3) is 11.6 Å². The molecule has 0 fully saturated rings. The van der Waals surface area contributed by atoms with Gasteiger partial charge in [0.05, 0.1) is 7.11 Å². The summed E-state index contributed by atoms with van der Waals surface area (Å²) in [5.41, 5.74) is 5.45. The van der Waals surface area contributed by atoms with Crippen LogP contribution in [0, 0.1) is 5.92 Å². The zero-order valence-electron chi connectivity index (χ0n) is 14.7. The Hall–Kier alpha value is -1.77. The fourth-order valence-electron chi connectivity index (χ4n) is 3.50. The number of hydrogen-bond donors (Lipinski definition) is 0. The fraction of sp³-hybridized carbons (Fsp3) is 0.333. The quantitative estimate of drug-likeness (QED) is 0.792. The molecule has 0 heterocycles. The molecule has 1 unspecified atom stereocenters. The van der Waals surface area contributed by atoms with Gasteiger partial charge in [-0.25, -0.2) is 0 Å². The topological polar surface area (TPSA) is 12.5 Å². The first kappa shape index (κ1) is 18.6. The van der Waals surface area contributed by atoms with Crippen LogP contribution < -0.4 is 4.74 Å². The van der Waals surface area contributed by atoms with Gasteiger partial charge >= 0.3 is 0 Å². The van der Waals surface area contributed by atoms with Gasteiger partial charge in [0.1, 0.15) is 5.75 Å². The summed E-state index contributed by atoms with van der Waals surface area (Å²) in [6, 6.07) is 17.1. The Morgan fingerprint density at radius 3 is 2.54 bits per heavy atom. The first-order valence-corrected chi connectivity index (χ1v) is 8.26. The van der Waals surface area contributed by atoms with Crippen molar-refractivity contribution in [1.29, 1.82) is 0 Å². The number of rotatable bonds is 4. The lowest BCUT2D eigenvalue weighted by molar-refractivity contribution is 0.351. The molecule has 0 bridgehead atoms. The molecule has 0 amide bonds. The maximum absolute atomic E-state index is 5.54. The molecule has 0 aliphatic heterocycles. The van der Waals surface area contributed by atoms with Crippen molar-refractivity contribution in [2.75, 3.05) is 27.7 Å². The Morgan fingerprint density at radius 2 is 1.79 bits per heavy atom. The molecular weight excluding hydrogens is 318 g/mol. The van der Waals surface area contributed by atoms with Crippen molar-refractivity contribution in [3.05, 3.63) is 65.2 Å². The first-order valence-electron chi connectivity index (χ1n) is 8.26. The summed E-state index contributed by atoms with van der Waals surface area (Å²) in [5, 5.41) is 0. The predicted octanol–water partition coefficient (Wildman–Crippen LogP) is 4.78. The van der Waals surface area contributed by atoms with E-state index in [1.807, 2.05) is 12.1 Å². The molecule has 24 heavy (non-hydrogen) atoms. The summed E-state index contributed by atoms with van der Waals surface area (Å²) in [4.78, 5) is 2.29. The second-order valence-electron chi connectivity index (χ2n) is 6.50. The van der Waals surface area contributed by atoms with Crippen LogP contribution in [0.5, 0.6) is 5.75 Å². The molecular formula is C21H26ClNO. The van der Waals surface area contributed by atoms with E-state index in [0.717, 1.165) is 24.3 Å². The van der Waals surface area contributed by atoms with Crippen molar-refractivity contribution in [2.24, 2.45) is 5.92 Å². The minimum Gasteiger partial charge on any atom is -0.496 e. The van der Waals surface area contributed by atoms with Crippen LogP contribution >= 0.6 is 12.4 Å². The maximum atomic E-state index is 5.54. The molecule has 0 saturated heterocycles. The van der Waals surface area contributed by atoms with Gasteiger partial charge in [0.25, 0.3) is 0 Å². The van der Waals surface area contributed by atoms with Gasteiger partial charge in [-0.05, 0) is 61.7 Å². The molecule has 1 aliphatic rings. The molecule has 1 atom stereocenters. The molecule has 2 aromatic carbocycles.